The average Bonchev–Trinajstić information content (AvgIpc) is 2.62. The van der Waals surface area contributed by atoms with Crippen LogP contribution in [0.25, 0.3) is 0 Å². The van der Waals surface area contributed by atoms with Gasteiger partial charge in [0.2, 0.25) is 0 Å². The molecule has 0 spiro atoms. The Bertz CT molecular complexity index is 589. The minimum Gasteiger partial charge on any atom is -0.410 e. The van der Waals surface area contributed by atoms with Gasteiger partial charge < -0.3 is 20.1 Å². The molecule has 132 valence electrons. The summed E-state index contributed by atoms with van der Waals surface area (Å²) in [7, 11) is 0. The number of hydrogen-bond donors (Lipinski definition) is 2. The van der Waals surface area contributed by atoms with Gasteiger partial charge in [-0.1, -0.05) is 36.4 Å². The molecule has 2 rings (SSSR count). The van der Waals surface area contributed by atoms with Gasteiger partial charge in [-0.15, -0.1) is 0 Å². The topological polar surface area (TPSA) is 76.7 Å². The third-order valence-corrected chi connectivity index (χ3v) is 3.30. The number of rotatable bonds is 8. The minimum absolute atomic E-state index is 0.462. The Morgan fingerprint density at radius 2 is 1.04 bits per heavy atom. The van der Waals surface area contributed by atoms with Crippen molar-refractivity contribution in [2.24, 2.45) is 0 Å². The smallest absolute Gasteiger partial charge is 0.410 e. The molecule has 0 atom stereocenters. The zero-order valence-corrected chi connectivity index (χ0v) is 13.9. The second-order valence-electron chi connectivity index (χ2n) is 5.32. The largest absolute Gasteiger partial charge is 0.412 e. The molecule has 0 heterocycles. The van der Waals surface area contributed by atoms with Crippen LogP contribution in [-0.4, -0.2) is 25.3 Å². The van der Waals surface area contributed by atoms with Crippen molar-refractivity contribution in [3.8, 4) is 11.5 Å². The lowest BCUT2D eigenvalue weighted by molar-refractivity contribution is 0.200. The first kappa shape index (κ1) is 18.3. The first-order chi connectivity index (χ1) is 12.2. The van der Waals surface area contributed by atoms with Gasteiger partial charge in [-0.25, -0.2) is 9.59 Å². The van der Waals surface area contributed by atoms with E-state index in [4.69, 9.17) is 9.47 Å². The highest BCUT2D eigenvalue weighted by atomic mass is 16.6. The van der Waals surface area contributed by atoms with Crippen molar-refractivity contribution in [2.75, 3.05) is 13.1 Å². The number of carbonyl (C=O) groups is 2. The standard InChI is InChI=1S/C19H22N2O4/c22-18(24-16-10-4-1-5-11-16)20-14-8-3-9-15-21-19(23)25-17-12-6-2-7-13-17/h1-2,4-7,10-13H,3,8-9,14-15H2,(H,20,22)(H,21,23). The van der Waals surface area contributed by atoms with Crippen LogP contribution in [0.3, 0.4) is 0 Å². The van der Waals surface area contributed by atoms with E-state index in [1.54, 1.807) is 48.5 Å². The van der Waals surface area contributed by atoms with Crippen LogP contribution in [-0.2, 0) is 0 Å². The number of benzene rings is 2. The van der Waals surface area contributed by atoms with E-state index < -0.39 is 12.2 Å². The Balaban J connectivity index is 1.46. The molecule has 0 radical (unpaired) electrons. The Morgan fingerprint density at radius 1 is 0.640 bits per heavy atom. The molecule has 0 fully saturated rings. The summed E-state index contributed by atoms with van der Waals surface area (Å²) in [6.45, 7) is 1.06. The second-order valence-corrected chi connectivity index (χ2v) is 5.32. The molecular formula is C19H22N2O4. The van der Waals surface area contributed by atoms with Gasteiger partial charge in [0, 0.05) is 13.1 Å². The maximum Gasteiger partial charge on any atom is 0.412 e. The summed E-state index contributed by atoms with van der Waals surface area (Å²) in [5, 5.41) is 5.38. The molecule has 2 aromatic rings. The molecule has 2 N–H and O–H groups in total. The monoisotopic (exact) mass is 342 g/mol. The summed E-state index contributed by atoms with van der Waals surface area (Å²) in [5.74, 6) is 1.03. The summed E-state index contributed by atoms with van der Waals surface area (Å²) >= 11 is 0. The van der Waals surface area contributed by atoms with Crippen LogP contribution in [0.1, 0.15) is 19.3 Å². The van der Waals surface area contributed by atoms with Crippen molar-refractivity contribution in [3.05, 3.63) is 60.7 Å². The molecule has 0 saturated heterocycles. The molecule has 6 heteroatoms. The molecule has 2 amide bonds. The van der Waals surface area contributed by atoms with Gasteiger partial charge in [-0.2, -0.15) is 0 Å². The lowest BCUT2D eigenvalue weighted by Crippen LogP contribution is -2.29. The predicted molar refractivity (Wildman–Crippen MR) is 94.8 cm³/mol. The van der Waals surface area contributed by atoms with Crippen molar-refractivity contribution >= 4 is 12.2 Å². The van der Waals surface area contributed by atoms with Crippen LogP contribution < -0.4 is 20.1 Å². The van der Waals surface area contributed by atoms with E-state index in [9.17, 15) is 9.59 Å². The molecule has 6 nitrogen and oxygen atoms in total. The number of hydrogen-bond acceptors (Lipinski definition) is 4. The lowest BCUT2D eigenvalue weighted by atomic mass is 10.2. The van der Waals surface area contributed by atoms with E-state index in [2.05, 4.69) is 10.6 Å². The average molecular weight is 342 g/mol. The highest BCUT2D eigenvalue weighted by Crippen LogP contribution is 2.09. The fourth-order valence-electron chi connectivity index (χ4n) is 2.07. The van der Waals surface area contributed by atoms with Gasteiger partial charge in [0.25, 0.3) is 0 Å². The molecule has 0 saturated carbocycles. The van der Waals surface area contributed by atoms with Gasteiger partial charge >= 0.3 is 12.2 Å². The third kappa shape index (κ3) is 7.87. The Morgan fingerprint density at radius 3 is 1.44 bits per heavy atom. The van der Waals surface area contributed by atoms with Crippen LogP contribution in [0, 0.1) is 0 Å². The summed E-state index contributed by atoms with van der Waals surface area (Å²) in [6.07, 6.45) is 1.56. The van der Waals surface area contributed by atoms with E-state index in [-0.39, 0.29) is 0 Å². The summed E-state index contributed by atoms with van der Waals surface area (Å²) < 4.78 is 10.2. The van der Waals surface area contributed by atoms with Crippen molar-refractivity contribution in [1.82, 2.24) is 10.6 Å². The first-order valence-electron chi connectivity index (χ1n) is 8.25. The molecule has 0 bridgehead atoms. The van der Waals surface area contributed by atoms with E-state index in [0.717, 1.165) is 19.3 Å². The van der Waals surface area contributed by atoms with Gasteiger partial charge in [-0.05, 0) is 43.5 Å². The molecule has 0 aliphatic rings. The Hall–Kier alpha value is -3.02. The van der Waals surface area contributed by atoms with E-state index in [1.165, 1.54) is 0 Å². The van der Waals surface area contributed by atoms with Gasteiger partial charge in [0.1, 0.15) is 11.5 Å². The number of ether oxygens (including phenoxy) is 2. The highest BCUT2D eigenvalue weighted by Gasteiger charge is 2.04. The molecule has 0 aliphatic heterocycles. The van der Waals surface area contributed by atoms with Crippen molar-refractivity contribution in [3.63, 3.8) is 0 Å². The molecule has 25 heavy (non-hydrogen) atoms. The quantitative estimate of drug-likeness (QED) is 0.717. The summed E-state index contributed by atoms with van der Waals surface area (Å²) in [6, 6.07) is 17.8. The SMILES string of the molecule is O=C(NCCCCCNC(=O)Oc1ccccc1)Oc1ccccc1. The molecule has 0 unspecified atom stereocenters. The molecular weight excluding hydrogens is 320 g/mol. The van der Waals surface area contributed by atoms with E-state index in [0.29, 0.717) is 24.6 Å². The normalized spacial score (nSPS) is 9.92. The zero-order valence-electron chi connectivity index (χ0n) is 13.9. The number of para-hydroxylation sites is 2. The fraction of sp³-hybridized carbons (Fsp3) is 0.263. The van der Waals surface area contributed by atoms with Crippen molar-refractivity contribution in [2.45, 2.75) is 19.3 Å². The van der Waals surface area contributed by atoms with Crippen LogP contribution in [0.4, 0.5) is 9.59 Å². The third-order valence-electron chi connectivity index (χ3n) is 3.30. The van der Waals surface area contributed by atoms with Crippen LogP contribution in [0.5, 0.6) is 11.5 Å². The van der Waals surface area contributed by atoms with E-state index in [1.807, 2.05) is 12.1 Å². The van der Waals surface area contributed by atoms with E-state index >= 15 is 0 Å². The summed E-state index contributed by atoms with van der Waals surface area (Å²) in [4.78, 5) is 23.1. The maximum atomic E-state index is 11.6. The Kier molecular flexibility index (Phi) is 7.84. The lowest BCUT2D eigenvalue weighted by Gasteiger charge is -2.07. The predicted octanol–water partition coefficient (Wildman–Crippen LogP) is 3.73. The van der Waals surface area contributed by atoms with Crippen LogP contribution in [0.2, 0.25) is 0 Å². The summed E-state index contributed by atoms with van der Waals surface area (Å²) in [5.41, 5.74) is 0. The molecule has 0 aliphatic carbocycles. The number of carbonyl (C=O) groups excluding carboxylic acids is 2. The van der Waals surface area contributed by atoms with Gasteiger partial charge in [0.05, 0.1) is 0 Å². The number of nitrogens with one attached hydrogen (secondary N) is 2. The van der Waals surface area contributed by atoms with Crippen LogP contribution >= 0.6 is 0 Å². The maximum absolute atomic E-state index is 11.6. The fourth-order valence-corrected chi connectivity index (χ4v) is 2.07. The van der Waals surface area contributed by atoms with Gasteiger partial charge in [0.15, 0.2) is 0 Å². The Labute approximate surface area is 147 Å². The van der Waals surface area contributed by atoms with Gasteiger partial charge in [-0.3, -0.25) is 0 Å². The first-order valence-corrected chi connectivity index (χ1v) is 8.25. The van der Waals surface area contributed by atoms with Crippen LogP contribution in [0.15, 0.2) is 60.7 Å². The van der Waals surface area contributed by atoms with Crippen molar-refractivity contribution < 1.29 is 19.1 Å². The zero-order chi connectivity index (χ0) is 17.7. The molecule has 2 aromatic carbocycles. The number of unbranched alkanes of at least 4 members (excludes halogenated alkanes) is 2. The van der Waals surface area contributed by atoms with Crippen molar-refractivity contribution in [1.29, 1.82) is 0 Å². The molecule has 0 aromatic heterocycles. The number of amides is 2. The minimum atomic E-state index is -0.462. The second kappa shape index (κ2) is 10.7. The highest BCUT2D eigenvalue weighted by molar-refractivity contribution is 5.70.